The van der Waals surface area contributed by atoms with E-state index in [1.54, 1.807) is 0 Å². The fraction of sp³-hybridized carbons (Fsp3) is 0.474. The molecular formula is C38H54N6O2. The molecule has 3 aromatic carbocycles. The van der Waals surface area contributed by atoms with Gasteiger partial charge in [0.2, 0.25) is 0 Å². The number of nitrogens with one attached hydrogen (secondary N) is 2. The minimum atomic E-state index is -0.280. The van der Waals surface area contributed by atoms with Crippen LogP contribution in [0.3, 0.4) is 0 Å². The lowest BCUT2D eigenvalue weighted by molar-refractivity contribution is 0.00450. The van der Waals surface area contributed by atoms with Crippen molar-refractivity contribution in [3.8, 4) is 0 Å². The molecule has 8 heteroatoms. The lowest BCUT2D eigenvalue weighted by Gasteiger charge is -2.40. The van der Waals surface area contributed by atoms with Crippen molar-refractivity contribution in [3.05, 3.63) is 95.6 Å². The Morgan fingerprint density at radius 1 is 0.826 bits per heavy atom. The second-order valence-corrected chi connectivity index (χ2v) is 12.9. The normalized spacial score (nSPS) is 14.0. The van der Waals surface area contributed by atoms with Gasteiger partial charge in [-0.05, 0) is 67.6 Å². The number of hydrogen-bond donors (Lipinski definition) is 2. The van der Waals surface area contributed by atoms with E-state index in [-0.39, 0.29) is 18.0 Å². The number of urea groups is 1. The summed E-state index contributed by atoms with van der Waals surface area (Å²) in [5, 5.41) is 9.64. The Morgan fingerprint density at radius 2 is 1.43 bits per heavy atom. The van der Waals surface area contributed by atoms with Crippen molar-refractivity contribution in [2.45, 2.75) is 57.9 Å². The summed E-state index contributed by atoms with van der Waals surface area (Å²) in [7, 11) is 7.75. The Hall–Kier alpha value is -3.88. The van der Waals surface area contributed by atoms with Crippen molar-refractivity contribution < 1.29 is 9.59 Å². The molecule has 1 heterocycles. The first-order valence-electron chi connectivity index (χ1n) is 17.0. The second kappa shape index (κ2) is 17.7. The first-order chi connectivity index (χ1) is 22.3. The summed E-state index contributed by atoms with van der Waals surface area (Å²) < 4.78 is 0. The van der Waals surface area contributed by atoms with Crippen LogP contribution >= 0.6 is 0 Å². The average Bonchev–Trinajstić information content (AvgIpc) is 3.06. The van der Waals surface area contributed by atoms with E-state index in [9.17, 15) is 9.59 Å². The molecule has 0 atom stereocenters. The molecule has 0 aromatic heterocycles. The van der Waals surface area contributed by atoms with Crippen LogP contribution in [0.25, 0.3) is 0 Å². The van der Waals surface area contributed by atoms with Crippen LogP contribution in [-0.2, 0) is 0 Å². The molecule has 1 fully saturated rings. The van der Waals surface area contributed by atoms with Crippen LogP contribution < -0.4 is 15.5 Å². The third-order valence-electron chi connectivity index (χ3n) is 8.96. The van der Waals surface area contributed by atoms with Gasteiger partial charge in [0.25, 0.3) is 5.91 Å². The number of piperidine rings is 1. The molecule has 4 rings (SSSR count). The summed E-state index contributed by atoms with van der Waals surface area (Å²) in [5.41, 5.74) is 4.53. The molecular weight excluding hydrogens is 572 g/mol. The molecule has 1 aliphatic rings. The summed E-state index contributed by atoms with van der Waals surface area (Å²) >= 11 is 0. The van der Waals surface area contributed by atoms with Crippen LogP contribution in [0.2, 0.25) is 0 Å². The molecule has 1 aliphatic heterocycles. The molecule has 0 bridgehead atoms. The van der Waals surface area contributed by atoms with E-state index in [1.165, 1.54) is 30.4 Å². The second-order valence-electron chi connectivity index (χ2n) is 12.9. The third-order valence-corrected chi connectivity index (χ3v) is 8.96. The van der Waals surface area contributed by atoms with Gasteiger partial charge in [0.1, 0.15) is 0 Å². The van der Waals surface area contributed by atoms with Gasteiger partial charge in [0, 0.05) is 47.0 Å². The fourth-order valence-corrected chi connectivity index (χ4v) is 6.28. The largest absolute Gasteiger partial charge is 0.378 e. The SMILES string of the molecule is CCCCCCCNC(=O)Nc1ccc(N(C)C)cc1C(=O)N(CC1CCN(C(c2ccccc2)c2ccccc2)CC1)N(C)C. The summed E-state index contributed by atoms with van der Waals surface area (Å²) in [6.07, 6.45) is 7.65. The number of rotatable bonds is 15. The Bertz CT molecular complexity index is 1320. The first-order valence-corrected chi connectivity index (χ1v) is 17.0. The summed E-state index contributed by atoms with van der Waals surface area (Å²) in [6, 6.07) is 27.1. The molecule has 46 heavy (non-hydrogen) atoms. The molecule has 1 saturated heterocycles. The molecule has 2 N–H and O–H groups in total. The molecule has 0 radical (unpaired) electrons. The van der Waals surface area contributed by atoms with E-state index in [0.29, 0.717) is 30.3 Å². The Kier molecular flexibility index (Phi) is 13.5. The Morgan fingerprint density at radius 3 is 2.00 bits per heavy atom. The highest BCUT2D eigenvalue weighted by atomic mass is 16.2. The molecule has 3 amide bonds. The van der Waals surface area contributed by atoms with Gasteiger partial charge in [-0.25, -0.2) is 9.80 Å². The van der Waals surface area contributed by atoms with Gasteiger partial charge in [-0.3, -0.25) is 14.7 Å². The quantitative estimate of drug-likeness (QED) is 0.137. The predicted octanol–water partition coefficient (Wildman–Crippen LogP) is 7.26. The maximum Gasteiger partial charge on any atom is 0.319 e. The van der Waals surface area contributed by atoms with Crippen molar-refractivity contribution >= 4 is 23.3 Å². The maximum atomic E-state index is 14.2. The zero-order valence-electron chi connectivity index (χ0n) is 28.5. The van der Waals surface area contributed by atoms with Crippen molar-refractivity contribution in [3.63, 3.8) is 0 Å². The number of carbonyl (C=O) groups excluding carboxylic acids is 2. The summed E-state index contributed by atoms with van der Waals surface area (Å²) in [5.74, 6) is 0.247. The number of hydrogen-bond acceptors (Lipinski definition) is 5. The van der Waals surface area contributed by atoms with E-state index in [1.807, 2.05) is 61.3 Å². The zero-order chi connectivity index (χ0) is 32.9. The van der Waals surface area contributed by atoms with Crippen molar-refractivity contribution in [1.82, 2.24) is 20.2 Å². The van der Waals surface area contributed by atoms with Crippen LogP contribution in [0.5, 0.6) is 0 Å². The van der Waals surface area contributed by atoms with Crippen LogP contribution in [0.15, 0.2) is 78.9 Å². The Balaban J connectivity index is 1.44. The van der Waals surface area contributed by atoms with E-state index < -0.39 is 0 Å². The molecule has 0 spiro atoms. The van der Waals surface area contributed by atoms with Crippen LogP contribution in [-0.4, -0.2) is 81.2 Å². The van der Waals surface area contributed by atoms with E-state index in [0.717, 1.165) is 44.5 Å². The highest BCUT2D eigenvalue weighted by Gasteiger charge is 2.31. The number of likely N-dealkylation sites (tertiary alicyclic amines) is 1. The van der Waals surface area contributed by atoms with Crippen LogP contribution in [0, 0.1) is 5.92 Å². The summed E-state index contributed by atoms with van der Waals surface area (Å²) in [6.45, 7) is 5.34. The molecule has 3 aromatic rings. The fourth-order valence-electron chi connectivity index (χ4n) is 6.28. The number of carbonyl (C=O) groups is 2. The molecule has 0 unspecified atom stereocenters. The van der Waals surface area contributed by atoms with Crippen molar-refractivity contribution in [2.24, 2.45) is 5.92 Å². The van der Waals surface area contributed by atoms with Gasteiger partial charge in [-0.15, -0.1) is 0 Å². The van der Waals surface area contributed by atoms with Crippen molar-refractivity contribution in [2.75, 3.05) is 64.6 Å². The third kappa shape index (κ3) is 9.81. The lowest BCUT2D eigenvalue weighted by Crippen LogP contribution is -2.47. The average molecular weight is 627 g/mol. The highest BCUT2D eigenvalue weighted by molar-refractivity contribution is 6.04. The van der Waals surface area contributed by atoms with Gasteiger partial charge in [0.05, 0.1) is 17.3 Å². The number of nitrogens with zero attached hydrogens (tertiary/aromatic N) is 4. The maximum absolute atomic E-state index is 14.2. The van der Waals surface area contributed by atoms with Crippen LogP contribution in [0.1, 0.15) is 79.4 Å². The summed E-state index contributed by atoms with van der Waals surface area (Å²) in [4.78, 5) is 31.6. The number of hydrazine groups is 1. The minimum absolute atomic E-state index is 0.113. The zero-order valence-corrected chi connectivity index (χ0v) is 28.5. The van der Waals surface area contributed by atoms with E-state index in [4.69, 9.17) is 0 Å². The highest BCUT2D eigenvalue weighted by Crippen LogP contribution is 2.33. The monoisotopic (exact) mass is 626 g/mol. The molecule has 8 nitrogen and oxygen atoms in total. The molecule has 0 aliphatic carbocycles. The van der Waals surface area contributed by atoms with Gasteiger partial charge >= 0.3 is 6.03 Å². The smallest absolute Gasteiger partial charge is 0.319 e. The predicted molar refractivity (Wildman–Crippen MR) is 190 cm³/mol. The van der Waals surface area contributed by atoms with Crippen LogP contribution in [0.4, 0.5) is 16.2 Å². The van der Waals surface area contributed by atoms with E-state index >= 15 is 0 Å². The van der Waals surface area contributed by atoms with Crippen molar-refractivity contribution in [1.29, 1.82) is 0 Å². The van der Waals surface area contributed by atoms with Gasteiger partial charge in [-0.2, -0.15) is 0 Å². The number of anilines is 2. The van der Waals surface area contributed by atoms with Gasteiger partial charge in [0.15, 0.2) is 0 Å². The van der Waals surface area contributed by atoms with E-state index in [2.05, 4.69) is 83.1 Å². The van der Waals surface area contributed by atoms with Gasteiger partial charge < -0.3 is 15.5 Å². The lowest BCUT2D eigenvalue weighted by atomic mass is 9.91. The van der Waals surface area contributed by atoms with Gasteiger partial charge in [-0.1, -0.05) is 93.3 Å². The number of unbranched alkanes of at least 4 members (excludes halogenated alkanes) is 4. The molecule has 248 valence electrons. The topological polar surface area (TPSA) is 71.2 Å². The molecule has 0 saturated carbocycles. The first kappa shape index (κ1) is 35.0. The Labute approximate surface area is 276 Å². The number of amides is 3. The minimum Gasteiger partial charge on any atom is -0.378 e. The number of benzene rings is 3. The standard InChI is InChI=1S/C38H54N6O2/c1-6-7-8-9-16-25-39-38(46)40-35-22-21-33(41(2)3)28-34(35)37(45)44(42(4)5)29-30-23-26-43(27-24-30)36(31-17-12-10-13-18-31)32-19-14-11-15-20-32/h10-15,17-22,28,30,36H,6-9,16,23-27,29H2,1-5H3,(H2,39,40,46).